The molecule has 0 aliphatic rings. The molecular weight excluding hydrogens is 64.0 g/mol. The summed E-state index contributed by atoms with van der Waals surface area (Å²) >= 11 is 0. The summed E-state index contributed by atoms with van der Waals surface area (Å²) < 4.78 is 0. The summed E-state index contributed by atoms with van der Waals surface area (Å²) in [5.74, 6) is 0. The molecule has 0 saturated heterocycles. The van der Waals surface area contributed by atoms with Crippen LogP contribution in [0.25, 0.3) is 0 Å². The van der Waals surface area contributed by atoms with Gasteiger partial charge in [-0.05, 0) is 13.3 Å². The first-order valence-electron chi connectivity index (χ1n) is 1.58. The van der Waals surface area contributed by atoms with Crippen molar-refractivity contribution in [3.63, 3.8) is 0 Å². The Kier molecular flexibility index (Phi) is 2.19. The monoisotopic (exact) mass is 72.1 g/mol. The third-order valence-corrected chi connectivity index (χ3v) is 0.362. The summed E-state index contributed by atoms with van der Waals surface area (Å²) in [5.41, 5.74) is 0. The van der Waals surface area contributed by atoms with Gasteiger partial charge in [-0.15, -0.1) is 0 Å². The van der Waals surface area contributed by atoms with Gasteiger partial charge in [0.1, 0.15) is 0 Å². The summed E-state index contributed by atoms with van der Waals surface area (Å²) in [6, 6.07) is 0. The number of rotatable bonds is 1. The van der Waals surface area contributed by atoms with Crippen molar-refractivity contribution in [2.45, 2.75) is 13.3 Å². The lowest BCUT2D eigenvalue weighted by molar-refractivity contribution is 0.309. The Morgan fingerprint density at radius 2 is 2.20 bits per heavy atom. The van der Waals surface area contributed by atoms with Gasteiger partial charge < -0.3 is 5.11 Å². The highest BCUT2D eigenvalue weighted by Crippen LogP contribution is 1.92. The molecule has 1 heteroatoms. The van der Waals surface area contributed by atoms with Gasteiger partial charge in [0, 0.05) is 0 Å². The maximum atomic E-state index is 8.22. The SMILES string of the molecule is [CH2]C[C](C)O. The number of hydrogen-bond acceptors (Lipinski definition) is 1. The average molecular weight is 72.1 g/mol. The van der Waals surface area contributed by atoms with Crippen molar-refractivity contribution in [2.75, 3.05) is 0 Å². The van der Waals surface area contributed by atoms with Crippen molar-refractivity contribution in [3.05, 3.63) is 13.0 Å². The molecule has 0 rings (SSSR count). The van der Waals surface area contributed by atoms with Gasteiger partial charge in [-0.25, -0.2) is 0 Å². The van der Waals surface area contributed by atoms with Crippen LogP contribution in [-0.4, -0.2) is 5.11 Å². The van der Waals surface area contributed by atoms with Crippen molar-refractivity contribution in [3.8, 4) is 0 Å². The molecule has 0 aromatic heterocycles. The standard InChI is InChI=1S/C4H8O/c1-3-4(2)5/h5H,1,3H2,2H3. The molecule has 0 aliphatic carbocycles. The molecule has 0 heterocycles. The zero-order valence-electron chi connectivity index (χ0n) is 3.36. The Bertz CT molecular complexity index is 17.6. The van der Waals surface area contributed by atoms with Crippen LogP contribution in [-0.2, 0) is 0 Å². The molecule has 5 heavy (non-hydrogen) atoms. The molecule has 0 bridgehead atoms. The number of aliphatic hydroxyl groups is 1. The van der Waals surface area contributed by atoms with Crippen molar-refractivity contribution in [1.29, 1.82) is 0 Å². The van der Waals surface area contributed by atoms with E-state index in [9.17, 15) is 0 Å². The van der Waals surface area contributed by atoms with Gasteiger partial charge in [0.2, 0.25) is 0 Å². The van der Waals surface area contributed by atoms with Crippen LogP contribution in [0.4, 0.5) is 0 Å². The smallest absolute Gasteiger partial charge is 0.0902 e. The number of hydrogen-bond donors (Lipinski definition) is 1. The van der Waals surface area contributed by atoms with Crippen LogP contribution in [0.1, 0.15) is 13.3 Å². The van der Waals surface area contributed by atoms with E-state index >= 15 is 0 Å². The maximum Gasteiger partial charge on any atom is 0.0902 e. The van der Waals surface area contributed by atoms with E-state index in [4.69, 9.17) is 5.11 Å². The fourth-order valence-corrected chi connectivity index (χ4v) is 0. The maximum absolute atomic E-state index is 8.22. The summed E-state index contributed by atoms with van der Waals surface area (Å²) in [6.07, 6.45) is 0.921. The molecule has 0 aliphatic heterocycles. The predicted molar refractivity (Wildman–Crippen MR) is 20.8 cm³/mol. The molecule has 30 valence electrons. The highest BCUT2D eigenvalue weighted by Gasteiger charge is 1.83. The van der Waals surface area contributed by atoms with Gasteiger partial charge in [0.25, 0.3) is 0 Å². The largest absolute Gasteiger partial charge is 0.387 e. The van der Waals surface area contributed by atoms with Crippen molar-refractivity contribution in [2.24, 2.45) is 0 Å². The second kappa shape index (κ2) is 2.21. The quantitative estimate of drug-likeness (QED) is 0.492. The van der Waals surface area contributed by atoms with E-state index in [2.05, 4.69) is 6.92 Å². The molecule has 0 spiro atoms. The normalized spacial score (nSPS) is 9.60. The van der Waals surface area contributed by atoms with Crippen molar-refractivity contribution >= 4 is 0 Å². The van der Waals surface area contributed by atoms with Crippen molar-refractivity contribution in [1.82, 2.24) is 0 Å². The molecule has 0 unspecified atom stereocenters. The van der Waals surface area contributed by atoms with E-state index in [1.165, 1.54) is 0 Å². The van der Waals surface area contributed by atoms with E-state index < -0.39 is 0 Å². The lowest BCUT2D eigenvalue weighted by Gasteiger charge is -1.88. The fraction of sp³-hybridized carbons (Fsp3) is 0.500. The Hall–Kier alpha value is -0.0400. The summed E-state index contributed by atoms with van der Waals surface area (Å²) in [4.78, 5) is 0. The first-order chi connectivity index (χ1) is 2.27. The third kappa shape index (κ3) is 3.96. The topological polar surface area (TPSA) is 20.2 Å². The van der Waals surface area contributed by atoms with E-state index in [1.54, 1.807) is 6.92 Å². The van der Waals surface area contributed by atoms with Gasteiger partial charge in [0.05, 0.1) is 6.10 Å². The van der Waals surface area contributed by atoms with Crippen LogP contribution in [0.15, 0.2) is 0 Å². The number of aliphatic hydroxyl groups excluding tert-OH is 1. The molecule has 0 atom stereocenters. The summed E-state index contributed by atoms with van der Waals surface area (Å²) in [6.45, 7) is 5.03. The van der Waals surface area contributed by atoms with E-state index in [1.807, 2.05) is 0 Å². The molecule has 0 saturated carbocycles. The van der Waals surface area contributed by atoms with Gasteiger partial charge in [-0.1, -0.05) is 6.92 Å². The lowest BCUT2D eigenvalue weighted by Crippen LogP contribution is -1.80. The molecule has 0 aromatic carbocycles. The molecular formula is C4H8O. The minimum Gasteiger partial charge on any atom is -0.387 e. The van der Waals surface area contributed by atoms with Crippen LogP contribution in [0.2, 0.25) is 0 Å². The van der Waals surface area contributed by atoms with E-state index in [0.29, 0.717) is 12.5 Å². The van der Waals surface area contributed by atoms with Gasteiger partial charge in [0.15, 0.2) is 0 Å². The van der Waals surface area contributed by atoms with Crippen LogP contribution >= 0.6 is 0 Å². The zero-order chi connectivity index (χ0) is 4.28. The second-order valence-corrected chi connectivity index (χ2v) is 0.985. The van der Waals surface area contributed by atoms with Gasteiger partial charge >= 0.3 is 0 Å². The molecule has 1 nitrogen and oxygen atoms in total. The molecule has 0 fully saturated rings. The first-order valence-corrected chi connectivity index (χ1v) is 1.58. The first kappa shape index (κ1) is 4.96. The Labute approximate surface area is 32.6 Å². The predicted octanol–water partition coefficient (Wildman–Crippen LogP) is 1.13. The lowest BCUT2D eigenvalue weighted by atomic mass is 10.3. The van der Waals surface area contributed by atoms with E-state index in [-0.39, 0.29) is 0 Å². The van der Waals surface area contributed by atoms with Crippen LogP contribution in [0.5, 0.6) is 0 Å². The summed E-state index contributed by atoms with van der Waals surface area (Å²) in [7, 11) is 0. The highest BCUT2D eigenvalue weighted by molar-refractivity contribution is 4.66. The van der Waals surface area contributed by atoms with Crippen LogP contribution in [0, 0.1) is 13.0 Å². The average Bonchev–Trinajstić information content (AvgIpc) is 1.38. The highest BCUT2D eigenvalue weighted by atomic mass is 16.3. The second-order valence-electron chi connectivity index (χ2n) is 0.985. The van der Waals surface area contributed by atoms with E-state index in [0.717, 1.165) is 0 Å². The Morgan fingerprint density at radius 3 is 2.20 bits per heavy atom. The third-order valence-electron chi connectivity index (χ3n) is 0.362. The zero-order valence-corrected chi connectivity index (χ0v) is 3.36. The van der Waals surface area contributed by atoms with Gasteiger partial charge in [-0.3, -0.25) is 0 Å². The van der Waals surface area contributed by atoms with Crippen molar-refractivity contribution < 1.29 is 5.11 Å². The Balaban J connectivity index is 2.54. The Morgan fingerprint density at radius 1 is 2.00 bits per heavy atom. The minimum absolute atomic E-state index is 0.394. The minimum atomic E-state index is 0.394. The van der Waals surface area contributed by atoms with Crippen LogP contribution < -0.4 is 0 Å². The molecule has 0 aromatic rings. The van der Waals surface area contributed by atoms with Gasteiger partial charge in [-0.2, -0.15) is 0 Å². The van der Waals surface area contributed by atoms with Crippen LogP contribution in [0.3, 0.4) is 0 Å². The molecule has 2 radical (unpaired) electrons. The molecule has 0 amide bonds. The molecule has 1 N–H and O–H groups in total. The summed E-state index contributed by atoms with van der Waals surface area (Å²) in [5, 5.41) is 8.22. The fourth-order valence-electron chi connectivity index (χ4n) is 0.